The number of rotatable bonds is 7. The quantitative estimate of drug-likeness (QED) is 0.0860. The number of carbonyl (C=O) groups is 2. The van der Waals surface area contributed by atoms with E-state index >= 15 is 0 Å². The van der Waals surface area contributed by atoms with Crippen LogP contribution in [0.1, 0.15) is 56.4 Å². The zero-order valence-corrected chi connectivity index (χ0v) is 25.8. The Bertz CT molecular complexity index is 1910. The maximum atomic E-state index is 14.4. The fourth-order valence-electron chi connectivity index (χ4n) is 5.60. The number of benzene rings is 4. The summed E-state index contributed by atoms with van der Waals surface area (Å²) < 4.78 is 96.0. The molecule has 5 nitrogen and oxygen atoms in total. The second kappa shape index (κ2) is 11.9. The van der Waals surface area contributed by atoms with E-state index in [0.29, 0.717) is 12.1 Å². The van der Waals surface area contributed by atoms with Crippen LogP contribution in [0, 0.1) is 0 Å². The van der Waals surface area contributed by atoms with Crippen molar-refractivity contribution >= 4 is 29.0 Å². The van der Waals surface area contributed by atoms with Crippen LogP contribution in [0.5, 0.6) is 11.5 Å². The van der Waals surface area contributed by atoms with E-state index < -0.39 is 52.3 Å². The molecule has 0 fully saturated rings. The van der Waals surface area contributed by atoms with Crippen LogP contribution in [0.15, 0.2) is 91.0 Å². The SMILES string of the molecule is C=C(C)C(=O)Oc1ccc(N(c2ccc(OC(=O)CC)c(C(F)(F)F)c2)c2ccc3c(c2)C(C)(C)c2ccccc2-3)cc1C(F)(F)F. The summed E-state index contributed by atoms with van der Waals surface area (Å²) in [4.78, 5) is 25.3. The third-order valence-corrected chi connectivity index (χ3v) is 7.94. The Labute approximate surface area is 267 Å². The Morgan fingerprint density at radius 1 is 0.723 bits per heavy atom. The molecule has 5 rings (SSSR count). The first-order chi connectivity index (χ1) is 21.9. The molecule has 4 aromatic rings. The van der Waals surface area contributed by atoms with E-state index in [0.717, 1.165) is 34.4 Å². The highest BCUT2D eigenvalue weighted by molar-refractivity contribution is 5.89. The second-order valence-corrected chi connectivity index (χ2v) is 11.6. The van der Waals surface area contributed by atoms with Gasteiger partial charge < -0.3 is 14.4 Å². The summed E-state index contributed by atoms with van der Waals surface area (Å²) in [5.41, 5.74) is 0.309. The molecule has 0 saturated heterocycles. The maximum absolute atomic E-state index is 14.4. The molecule has 0 saturated carbocycles. The van der Waals surface area contributed by atoms with Gasteiger partial charge in [0.2, 0.25) is 0 Å². The average molecular weight is 654 g/mol. The molecule has 0 bridgehead atoms. The molecule has 1 aliphatic carbocycles. The molecule has 0 unspecified atom stereocenters. The molecule has 0 atom stereocenters. The van der Waals surface area contributed by atoms with Gasteiger partial charge in [0, 0.05) is 34.5 Å². The van der Waals surface area contributed by atoms with Crippen molar-refractivity contribution in [3.8, 4) is 22.6 Å². The van der Waals surface area contributed by atoms with Crippen LogP contribution >= 0.6 is 0 Å². The van der Waals surface area contributed by atoms with Gasteiger partial charge in [-0.25, -0.2) is 4.79 Å². The second-order valence-electron chi connectivity index (χ2n) is 11.6. The lowest BCUT2D eigenvalue weighted by Gasteiger charge is -2.29. The predicted molar refractivity (Wildman–Crippen MR) is 165 cm³/mol. The van der Waals surface area contributed by atoms with Crippen molar-refractivity contribution in [3.05, 3.63) is 113 Å². The standard InChI is InChI=1S/C36H29F6NO4/c1-6-32(44)46-30-15-12-22(18-28(30)35(37,38)39)43(23-13-16-31(47-33(45)20(2)3)29(19-23)36(40,41)42)21-11-14-25-24-9-7-8-10-26(24)34(4,5)27(25)17-21/h7-19H,2,6H2,1,3-5H3. The van der Waals surface area contributed by atoms with Gasteiger partial charge in [0.1, 0.15) is 22.6 Å². The molecule has 1 aliphatic rings. The molecule has 4 aromatic carbocycles. The molecular formula is C36H29F6NO4. The molecule has 0 N–H and O–H groups in total. The number of anilines is 3. The summed E-state index contributed by atoms with van der Waals surface area (Å²) in [6.07, 6.45) is -10.2. The molecule has 0 heterocycles. The number of hydrogen-bond donors (Lipinski definition) is 0. The zero-order valence-electron chi connectivity index (χ0n) is 25.8. The minimum Gasteiger partial charge on any atom is -0.426 e. The lowest BCUT2D eigenvalue weighted by Crippen LogP contribution is -2.18. The van der Waals surface area contributed by atoms with Crippen LogP contribution in [-0.4, -0.2) is 11.9 Å². The van der Waals surface area contributed by atoms with Crippen molar-refractivity contribution in [1.82, 2.24) is 0 Å². The summed E-state index contributed by atoms with van der Waals surface area (Å²) in [7, 11) is 0. The normalized spacial score (nSPS) is 13.4. The highest BCUT2D eigenvalue weighted by Gasteiger charge is 2.39. The highest BCUT2D eigenvalue weighted by Crippen LogP contribution is 2.51. The molecule has 47 heavy (non-hydrogen) atoms. The fraction of sp³-hybridized carbons (Fsp3) is 0.222. The van der Waals surface area contributed by atoms with Crippen LogP contribution in [0.3, 0.4) is 0 Å². The largest absolute Gasteiger partial charge is 0.426 e. The number of esters is 2. The molecule has 0 aliphatic heterocycles. The number of ether oxygens (including phenoxy) is 2. The van der Waals surface area contributed by atoms with Crippen molar-refractivity contribution in [1.29, 1.82) is 0 Å². The highest BCUT2D eigenvalue weighted by atomic mass is 19.4. The third-order valence-electron chi connectivity index (χ3n) is 7.94. The lowest BCUT2D eigenvalue weighted by molar-refractivity contribution is -0.143. The van der Waals surface area contributed by atoms with Gasteiger partial charge in [-0.15, -0.1) is 0 Å². The van der Waals surface area contributed by atoms with Gasteiger partial charge in [0.05, 0.1) is 0 Å². The summed E-state index contributed by atoms with van der Waals surface area (Å²) in [6, 6.07) is 18.6. The first-order valence-electron chi connectivity index (χ1n) is 14.5. The van der Waals surface area contributed by atoms with Crippen LogP contribution in [0.2, 0.25) is 0 Å². The first-order valence-corrected chi connectivity index (χ1v) is 14.5. The van der Waals surface area contributed by atoms with Crippen LogP contribution < -0.4 is 14.4 Å². The number of nitrogens with zero attached hydrogens (tertiary/aromatic N) is 1. The Hall–Kier alpha value is -5.06. The summed E-state index contributed by atoms with van der Waals surface area (Å²) in [6.45, 7) is 10.1. The van der Waals surface area contributed by atoms with Crippen LogP contribution in [0.4, 0.5) is 43.4 Å². The Morgan fingerprint density at radius 3 is 1.74 bits per heavy atom. The van der Waals surface area contributed by atoms with E-state index in [2.05, 4.69) is 6.58 Å². The van der Waals surface area contributed by atoms with Crippen molar-refractivity contribution in [3.63, 3.8) is 0 Å². The van der Waals surface area contributed by atoms with Gasteiger partial charge in [-0.1, -0.05) is 57.7 Å². The van der Waals surface area contributed by atoms with Crippen molar-refractivity contribution < 1.29 is 45.4 Å². The van der Waals surface area contributed by atoms with Crippen molar-refractivity contribution in [2.45, 2.75) is 51.9 Å². The van der Waals surface area contributed by atoms with Crippen molar-refractivity contribution in [2.24, 2.45) is 0 Å². The zero-order chi connectivity index (χ0) is 34.5. The molecule has 244 valence electrons. The van der Waals surface area contributed by atoms with E-state index in [9.17, 15) is 35.9 Å². The van der Waals surface area contributed by atoms with Gasteiger partial charge in [-0.3, -0.25) is 4.79 Å². The van der Waals surface area contributed by atoms with E-state index in [1.807, 2.05) is 38.1 Å². The molecule has 0 radical (unpaired) electrons. The monoisotopic (exact) mass is 653 g/mol. The van der Waals surface area contributed by atoms with Crippen LogP contribution in [0.25, 0.3) is 11.1 Å². The third kappa shape index (κ3) is 6.34. The number of hydrogen-bond acceptors (Lipinski definition) is 5. The van der Waals surface area contributed by atoms with E-state index in [-0.39, 0.29) is 29.1 Å². The van der Waals surface area contributed by atoms with Crippen LogP contribution in [-0.2, 0) is 27.4 Å². The van der Waals surface area contributed by atoms with Gasteiger partial charge in [0.15, 0.2) is 0 Å². The molecular weight excluding hydrogens is 624 g/mol. The molecule has 11 heteroatoms. The number of alkyl halides is 6. The number of carbonyl (C=O) groups excluding carboxylic acids is 2. The fourth-order valence-corrected chi connectivity index (χ4v) is 5.60. The summed E-state index contributed by atoms with van der Waals surface area (Å²) >= 11 is 0. The van der Waals surface area contributed by atoms with E-state index in [1.165, 1.54) is 30.9 Å². The lowest BCUT2D eigenvalue weighted by atomic mass is 9.82. The maximum Gasteiger partial charge on any atom is 0.420 e. The Balaban J connectivity index is 1.75. The average Bonchev–Trinajstić information content (AvgIpc) is 3.23. The molecule has 0 amide bonds. The van der Waals surface area contributed by atoms with Gasteiger partial charge >= 0.3 is 24.3 Å². The first kappa shape index (κ1) is 33.3. The van der Waals surface area contributed by atoms with E-state index in [4.69, 9.17) is 9.47 Å². The Morgan fingerprint density at radius 2 is 1.21 bits per heavy atom. The number of fused-ring (bicyclic) bond motifs is 3. The van der Waals surface area contributed by atoms with Gasteiger partial charge in [-0.05, 0) is 77.7 Å². The smallest absolute Gasteiger partial charge is 0.420 e. The predicted octanol–water partition coefficient (Wildman–Crippen LogP) is 10.3. The van der Waals surface area contributed by atoms with E-state index in [1.54, 1.807) is 18.2 Å². The summed E-state index contributed by atoms with van der Waals surface area (Å²) in [5.74, 6) is -3.50. The summed E-state index contributed by atoms with van der Waals surface area (Å²) in [5, 5.41) is 0. The molecule has 0 spiro atoms. The minimum atomic E-state index is -5.01. The van der Waals surface area contributed by atoms with Gasteiger partial charge in [0.25, 0.3) is 0 Å². The number of halogens is 6. The van der Waals surface area contributed by atoms with Gasteiger partial charge in [-0.2, -0.15) is 26.3 Å². The Kier molecular flexibility index (Phi) is 8.47. The molecule has 0 aromatic heterocycles. The minimum absolute atomic E-state index is 0.130. The topological polar surface area (TPSA) is 55.8 Å². The van der Waals surface area contributed by atoms with Crippen molar-refractivity contribution in [2.75, 3.05) is 4.90 Å².